The van der Waals surface area contributed by atoms with Gasteiger partial charge in [-0.1, -0.05) is 54.6 Å². The van der Waals surface area contributed by atoms with Gasteiger partial charge in [-0.25, -0.2) is 4.98 Å². The Bertz CT molecular complexity index is 925. The predicted molar refractivity (Wildman–Crippen MR) is 91.5 cm³/mol. The van der Waals surface area contributed by atoms with E-state index in [0.29, 0.717) is 0 Å². The topological polar surface area (TPSA) is 25.8 Å². The fourth-order valence-corrected chi connectivity index (χ4v) is 2.59. The fraction of sp³-hybridized carbons (Fsp3) is 0. The third-order valence-electron chi connectivity index (χ3n) is 3.77. The fourth-order valence-electron chi connectivity index (χ4n) is 2.59. The van der Waals surface area contributed by atoms with Gasteiger partial charge in [0.25, 0.3) is 0 Å². The molecular weight excluding hydrogens is 307 g/mol. The average Bonchev–Trinajstić information content (AvgIpc) is 2.62. The third-order valence-corrected chi connectivity index (χ3v) is 3.77. The van der Waals surface area contributed by atoms with Gasteiger partial charge in [0, 0.05) is 23.3 Å². The number of rotatable bonds is 2. The Morgan fingerprint density at radius 3 is 2.22 bits per heavy atom. The van der Waals surface area contributed by atoms with Crippen molar-refractivity contribution in [3.8, 4) is 22.4 Å². The number of nitrogens with zero attached hydrogens (tertiary/aromatic N) is 2. The van der Waals surface area contributed by atoms with Crippen LogP contribution in [0.3, 0.4) is 0 Å². The van der Waals surface area contributed by atoms with Gasteiger partial charge in [-0.05, 0) is 29.3 Å². The Hall–Kier alpha value is -1.36. The van der Waals surface area contributed by atoms with E-state index in [0.717, 1.165) is 27.9 Å². The summed E-state index contributed by atoms with van der Waals surface area (Å²) in [6.07, 6.45) is 3.67. The first-order chi connectivity index (χ1) is 10.9. The van der Waals surface area contributed by atoms with E-state index in [1.165, 1.54) is 5.39 Å². The summed E-state index contributed by atoms with van der Waals surface area (Å²) in [5, 5.41) is 1.17. The molecule has 0 N–H and O–H groups in total. The van der Waals surface area contributed by atoms with Crippen LogP contribution in [-0.4, -0.2) is 9.97 Å². The first-order valence-electron chi connectivity index (χ1n) is 7.27. The molecule has 0 spiro atoms. The molecule has 3 heteroatoms. The molecule has 0 saturated carbocycles. The zero-order valence-corrected chi connectivity index (χ0v) is 16.1. The van der Waals surface area contributed by atoms with Crippen LogP contribution in [0.4, 0.5) is 0 Å². The van der Waals surface area contributed by atoms with Gasteiger partial charge in [0.05, 0.1) is 11.2 Å². The van der Waals surface area contributed by atoms with Gasteiger partial charge in [-0.3, -0.25) is 4.98 Å². The van der Waals surface area contributed by atoms with Gasteiger partial charge in [0.2, 0.25) is 0 Å². The predicted octanol–water partition coefficient (Wildman–Crippen LogP) is 2.08. The van der Waals surface area contributed by atoms with Gasteiger partial charge in [0.15, 0.2) is 0 Å². The molecule has 0 saturated heterocycles. The summed E-state index contributed by atoms with van der Waals surface area (Å²) in [6.45, 7) is 0. The average molecular weight is 322 g/mol. The summed E-state index contributed by atoms with van der Waals surface area (Å²) in [5.41, 5.74) is 5.43. The summed E-state index contributed by atoms with van der Waals surface area (Å²) >= 11 is 0. The largest absolute Gasteiger partial charge is 1.00 e. The smallest absolute Gasteiger partial charge is 1.00 e. The minimum absolute atomic E-state index is 0. The van der Waals surface area contributed by atoms with E-state index < -0.39 is 0 Å². The summed E-state index contributed by atoms with van der Waals surface area (Å²) in [6, 6.07) is 24.8. The second-order valence-corrected chi connectivity index (χ2v) is 5.21. The van der Waals surface area contributed by atoms with Crippen molar-refractivity contribution < 1.29 is 52.8 Å². The van der Waals surface area contributed by atoms with Crippen LogP contribution >= 0.6 is 0 Å². The van der Waals surface area contributed by atoms with Crippen molar-refractivity contribution in [1.29, 1.82) is 0 Å². The van der Waals surface area contributed by atoms with Crippen LogP contribution < -0.4 is 51.4 Å². The van der Waals surface area contributed by atoms with Crippen LogP contribution in [0.15, 0.2) is 85.2 Å². The van der Waals surface area contributed by atoms with E-state index in [1.807, 2.05) is 30.5 Å². The molecule has 4 rings (SSSR count). The van der Waals surface area contributed by atoms with Crippen molar-refractivity contribution in [2.75, 3.05) is 0 Å². The van der Waals surface area contributed by atoms with Gasteiger partial charge in [-0.15, -0.1) is 0 Å². The molecule has 0 radical (unpaired) electrons. The Morgan fingerprint density at radius 2 is 1.43 bits per heavy atom. The maximum Gasteiger partial charge on any atom is 1.00 e. The van der Waals surface area contributed by atoms with Crippen molar-refractivity contribution in [1.82, 2.24) is 9.97 Å². The minimum atomic E-state index is 0. The molecule has 2 aromatic heterocycles. The van der Waals surface area contributed by atoms with Crippen LogP contribution in [0.5, 0.6) is 0 Å². The monoisotopic (exact) mass is 322 g/mol. The van der Waals surface area contributed by atoms with Crippen LogP contribution in [0, 0.1) is 0 Å². The Labute approximate surface area is 179 Å². The van der Waals surface area contributed by atoms with Crippen LogP contribution in [0.1, 0.15) is 1.43 Å². The molecule has 23 heavy (non-hydrogen) atoms. The third kappa shape index (κ3) is 3.60. The van der Waals surface area contributed by atoms with E-state index in [2.05, 4.69) is 53.5 Å². The number of para-hydroxylation sites is 1. The first-order valence-corrected chi connectivity index (χ1v) is 7.27. The molecule has 2 nitrogen and oxygen atoms in total. The number of hydrogen-bond acceptors (Lipinski definition) is 2. The van der Waals surface area contributed by atoms with Crippen molar-refractivity contribution >= 4 is 10.9 Å². The molecule has 2 heterocycles. The van der Waals surface area contributed by atoms with Crippen molar-refractivity contribution in [2.24, 2.45) is 0 Å². The maximum absolute atomic E-state index is 4.74. The molecule has 0 amide bonds. The van der Waals surface area contributed by atoms with Crippen molar-refractivity contribution in [3.05, 3.63) is 85.2 Å². The number of hydrogen-bond donors (Lipinski definition) is 0. The summed E-state index contributed by atoms with van der Waals surface area (Å²) < 4.78 is 0. The van der Waals surface area contributed by atoms with Crippen LogP contribution in [0.2, 0.25) is 0 Å². The van der Waals surface area contributed by atoms with Gasteiger partial charge in [0.1, 0.15) is 0 Å². The van der Waals surface area contributed by atoms with Crippen LogP contribution in [-0.2, 0) is 0 Å². The molecule has 0 atom stereocenters. The molecule has 2 aromatic carbocycles. The minimum Gasteiger partial charge on any atom is -1.00 e. The number of aromatic nitrogens is 2. The molecule has 0 bridgehead atoms. The van der Waals surface area contributed by atoms with E-state index in [-0.39, 0.29) is 52.8 Å². The zero-order valence-electron chi connectivity index (χ0n) is 14.0. The first kappa shape index (κ1) is 16.5. The molecular formula is C20H15KN2. The van der Waals surface area contributed by atoms with Gasteiger partial charge >= 0.3 is 51.4 Å². The quantitative estimate of drug-likeness (QED) is 0.528. The second-order valence-electron chi connectivity index (χ2n) is 5.21. The SMILES string of the molecule is [H-].[K+].c1cncc(-c2ccc(-c3ccc4ccccc4n3)cc2)c1. The molecule has 0 aliphatic rings. The van der Waals surface area contributed by atoms with Crippen molar-refractivity contribution in [2.45, 2.75) is 0 Å². The molecule has 4 aromatic rings. The van der Waals surface area contributed by atoms with E-state index in [9.17, 15) is 0 Å². The molecule has 0 unspecified atom stereocenters. The maximum atomic E-state index is 4.74. The molecule has 106 valence electrons. The van der Waals surface area contributed by atoms with Gasteiger partial charge < -0.3 is 1.43 Å². The van der Waals surface area contributed by atoms with E-state index >= 15 is 0 Å². The standard InChI is InChI=1S/C20H14N2.K.H/c1-2-6-19-16(4-1)11-12-20(22-19)17-9-7-15(8-10-17)18-5-3-13-21-14-18;;/h1-14H;;/q;+1;-1. The molecule has 0 aliphatic heterocycles. The summed E-state index contributed by atoms with van der Waals surface area (Å²) in [5.74, 6) is 0. The van der Waals surface area contributed by atoms with E-state index in [1.54, 1.807) is 6.20 Å². The summed E-state index contributed by atoms with van der Waals surface area (Å²) in [4.78, 5) is 8.90. The number of benzene rings is 2. The molecule has 0 fully saturated rings. The van der Waals surface area contributed by atoms with Crippen LogP contribution in [0.25, 0.3) is 33.3 Å². The normalized spacial score (nSPS) is 10.3. The molecule has 0 aliphatic carbocycles. The second kappa shape index (κ2) is 7.47. The zero-order chi connectivity index (χ0) is 14.8. The Morgan fingerprint density at radius 1 is 0.652 bits per heavy atom. The number of pyridine rings is 2. The number of fused-ring (bicyclic) bond motifs is 1. The van der Waals surface area contributed by atoms with Crippen molar-refractivity contribution in [3.63, 3.8) is 0 Å². The van der Waals surface area contributed by atoms with Gasteiger partial charge in [-0.2, -0.15) is 0 Å². The summed E-state index contributed by atoms with van der Waals surface area (Å²) in [7, 11) is 0. The van der Waals surface area contributed by atoms with E-state index in [4.69, 9.17) is 4.98 Å². The Kier molecular flexibility index (Phi) is 5.36. The Balaban J connectivity index is 0.00000104.